The summed E-state index contributed by atoms with van der Waals surface area (Å²) in [6.45, 7) is 2.17. The van der Waals surface area contributed by atoms with Crippen LogP contribution >= 0.6 is 0 Å². The second-order valence-corrected chi connectivity index (χ2v) is 11.1. The van der Waals surface area contributed by atoms with Crippen molar-refractivity contribution in [1.29, 1.82) is 0 Å². The molecule has 178 valence electrons. The van der Waals surface area contributed by atoms with E-state index in [9.17, 15) is 30.2 Å². The summed E-state index contributed by atoms with van der Waals surface area (Å²) in [4.78, 5) is 27.7. The molecule has 3 N–H and O–H groups in total. The van der Waals surface area contributed by atoms with Crippen LogP contribution in [0.25, 0.3) is 0 Å². The Morgan fingerprint density at radius 1 is 1.16 bits per heavy atom. The zero-order valence-electron chi connectivity index (χ0n) is 18.5. The minimum absolute atomic E-state index is 0.0554. The standard InChI is InChI=1S/C23H33NO8/c1-20-6-3-17-18(23(20,28)9-5-16(20)14-10-19(26)31-12-14)4-8-22(27)11-15(25)2-7-21(17,22)13-32-24(29)30/h10,15-18,25,27-28H,2-9,11-13H2,1H3/t15?,16?,17-,18+,20?,21?,22?,23?/m0/s1. The van der Waals surface area contributed by atoms with Gasteiger partial charge in [0, 0.05) is 23.3 Å². The van der Waals surface area contributed by atoms with Crippen molar-refractivity contribution in [1.82, 2.24) is 0 Å². The molecular weight excluding hydrogens is 418 g/mol. The largest absolute Gasteiger partial charge is 0.458 e. The number of hydrogen-bond acceptors (Lipinski definition) is 8. The minimum Gasteiger partial charge on any atom is -0.458 e. The zero-order chi connectivity index (χ0) is 22.9. The van der Waals surface area contributed by atoms with Gasteiger partial charge in [-0.05, 0) is 74.7 Å². The third-order valence-electron chi connectivity index (χ3n) is 10.2. The summed E-state index contributed by atoms with van der Waals surface area (Å²) in [7, 11) is 0. The number of carbonyl (C=O) groups is 1. The highest BCUT2D eigenvalue weighted by Crippen LogP contribution is 2.70. The van der Waals surface area contributed by atoms with Crippen molar-refractivity contribution in [3.05, 3.63) is 21.8 Å². The molecule has 32 heavy (non-hydrogen) atoms. The van der Waals surface area contributed by atoms with Gasteiger partial charge in [0.2, 0.25) is 0 Å². The van der Waals surface area contributed by atoms with E-state index >= 15 is 0 Å². The first-order valence-corrected chi connectivity index (χ1v) is 11.8. The quantitative estimate of drug-likeness (QED) is 0.335. The molecule has 0 bridgehead atoms. The molecule has 5 aliphatic rings. The SMILES string of the molecule is CC12CC[C@H]3[C@@H](CCC4(O)CC(O)CCC34CO[N+](=O)[O-])C1(O)CCC2C1=CC(=O)OC1. The van der Waals surface area contributed by atoms with Gasteiger partial charge in [-0.3, -0.25) is 0 Å². The monoisotopic (exact) mass is 451 g/mol. The highest BCUT2D eigenvalue weighted by Gasteiger charge is 2.71. The minimum atomic E-state index is -1.25. The van der Waals surface area contributed by atoms with Crippen molar-refractivity contribution >= 4 is 5.97 Å². The zero-order valence-corrected chi connectivity index (χ0v) is 18.5. The van der Waals surface area contributed by atoms with Gasteiger partial charge in [-0.1, -0.05) is 6.92 Å². The summed E-state index contributed by atoms with van der Waals surface area (Å²) in [6.07, 6.45) is 5.74. The molecule has 9 heteroatoms. The number of cyclic esters (lactones) is 1. The molecule has 4 saturated carbocycles. The topological polar surface area (TPSA) is 139 Å². The summed E-state index contributed by atoms with van der Waals surface area (Å²) < 4.78 is 5.16. The number of rotatable bonds is 4. The number of ether oxygens (including phenoxy) is 1. The third-order valence-corrected chi connectivity index (χ3v) is 10.2. The lowest BCUT2D eigenvalue weighted by Crippen LogP contribution is -2.69. The van der Waals surface area contributed by atoms with E-state index in [0.29, 0.717) is 44.9 Å². The lowest BCUT2D eigenvalue weighted by atomic mass is 9.41. The van der Waals surface area contributed by atoms with E-state index in [2.05, 4.69) is 6.92 Å². The predicted molar refractivity (Wildman–Crippen MR) is 110 cm³/mol. The summed E-state index contributed by atoms with van der Waals surface area (Å²) >= 11 is 0. The molecule has 4 aliphatic carbocycles. The average Bonchev–Trinajstić information content (AvgIpc) is 3.26. The fraction of sp³-hybridized carbons (Fsp3) is 0.870. The number of fused-ring (bicyclic) bond motifs is 5. The van der Waals surface area contributed by atoms with Gasteiger partial charge < -0.3 is 24.9 Å². The summed E-state index contributed by atoms with van der Waals surface area (Å²) in [5.41, 5.74) is -2.60. The number of esters is 1. The van der Waals surface area contributed by atoms with Crippen LogP contribution < -0.4 is 0 Å². The Morgan fingerprint density at radius 2 is 1.91 bits per heavy atom. The number of aliphatic hydroxyl groups is 3. The van der Waals surface area contributed by atoms with Crippen LogP contribution in [0.4, 0.5) is 0 Å². The maximum absolute atomic E-state index is 12.2. The van der Waals surface area contributed by atoms with Crippen LogP contribution in [-0.2, 0) is 14.4 Å². The van der Waals surface area contributed by atoms with Gasteiger partial charge in [0.1, 0.15) is 13.2 Å². The fourth-order valence-electron chi connectivity index (χ4n) is 8.65. The molecule has 0 saturated heterocycles. The number of nitrogens with zero attached hydrogens (tertiary/aromatic N) is 1. The fourth-order valence-corrected chi connectivity index (χ4v) is 8.65. The molecule has 0 aromatic carbocycles. The molecule has 5 rings (SSSR count). The molecule has 6 unspecified atom stereocenters. The maximum atomic E-state index is 12.2. The number of hydrogen-bond donors (Lipinski definition) is 3. The molecule has 9 nitrogen and oxygen atoms in total. The molecule has 8 atom stereocenters. The lowest BCUT2D eigenvalue weighted by Gasteiger charge is -2.66. The van der Waals surface area contributed by atoms with Crippen LogP contribution in [0.5, 0.6) is 0 Å². The van der Waals surface area contributed by atoms with Crippen molar-refractivity contribution in [2.45, 2.75) is 82.0 Å². The Balaban J connectivity index is 1.51. The smallest absolute Gasteiger partial charge is 0.331 e. The first kappa shape index (κ1) is 22.1. The van der Waals surface area contributed by atoms with Crippen LogP contribution in [-0.4, -0.2) is 56.9 Å². The van der Waals surface area contributed by atoms with Crippen LogP contribution in [0.2, 0.25) is 0 Å². The molecule has 1 heterocycles. The van der Waals surface area contributed by atoms with Gasteiger partial charge in [0.05, 0.1) is 17.3 Å². The Morgan fingerprint density at radius 3 is 2.59 bits per heavy atom. The van der Waals surface area contributed by atoms with Crippen LogP contribution in [0.15, 0.2) is 11.6 Å². The first-order valence-electron chi connectivity index (χ1n) is 11.8. The molecule has 4 fully saturated rings. The molecule has 0 amide bonds. The van der Waals surface area contributed by atoms with Gasteiger partial charge in [0.15, 0.2) is 0 Å². The second kappa shape index (κ2) is 7.14. The third kappa shape index (κ3) is 2.83. The highest BCUT2D eigenvalue weighted by molar-refractivity contribution is 5.85. The van der Waals surface area contributed by atoms with Crippen molar-refractivity contribution < 1.29 is 34.8 Å². The second-order valence-electron chi connectivity index (χ2n) is 11.1. The van der Waals surface area contributed by atoms with Crippen molar-refractivity contribution in [2.24, 2.45) is 28.6 Å². The van der Waals surface area contributed by atoms with Gasteiger partial charge >= 0.3 is 5.97 Å². The van der Waals surface area contributed by atoms with Gasteiger partial charge in [-0.25, -0.2) is 4.79 Å². The molecule has 0 radical (unpaired) electrons. The molecule has 0 aromatic rings. The van der Waals surface area contributed by atoms with Crippen LogP contribution in [0.1, 0.15) is 64.7 Å². The number of carbonyl (C=O) groups excluding carboxylic acids is 1. The van der Waals surface area contributed by atoms with Crippen molar-refractivity contribution in [3.63, 3.8) is 0 Å². The van der Waals surface area contributed by atoms with Gasteiger partial charge in [0.25, 0.3) is 5.09 Å². The molecular formula is C23H33NO8. The first-order chi connectivity index (χ1) is 15.0. The lowest BCUT2D eigenvalue weighted by molar-refractivity contribution is -0.762. The van der Waals surface area contributed by atoms with Crippen molar-refractivity contribution in [2.75, 3.05) is 13.2 Å². The van der Waals surface area contributed by atoms with Crippen molar-refractivity contribution in [3.8, 4) is 0 Å². The van der Waals surface area contributed by atoms with Crippen LogP contribution in [0.3, 0.4) is 0 Å². The van der Waals surface area contributed by atoms with Gasteiger partial charge in [-0.15, -0.1) is 10.1 Å². The Hall–Kier alpha value is -1.71. The predicted octanol–water partition coefficient (Wildman–Crippen LogP) is 1.91. The van der Waals surface area contributed by atoms with E-state index in [0.717, 1.165) is 12.0 Å². The molecule has 0 aromatic heterocycles. The Labute approximate surface area is 186 Å². The van der Waals surface area contributed by atoms with E-state index in [1.807, 2.05) is 0 Å². The number of aliphatic hydroxyl groups excluding tert-OH is 1. The van der Waals surface area contributed by atoms with E-state index in [1.165, 1.54) is 0 Å². The average molecular weight is 452 g/mol. The molecule has 1 aliphatic heterocycles. The van der Waals surface area contributed by atoms with Crippen LogP contribution in [0, 0.1) is 38.7 Å². The van der Waals surface area contributed by atoms with E-state index in [4.69, 9.17) is 9.57 Å². The summed E-state index contributed by atoms with van der Waals surface area (Å²) in [6, 6.07) is 0. The highest BCUT2D eigenvalue weighted by atomic mass is 16.9. The van der Waals surface area contributed by atoms with E-state index in [-0.39, 0.29) is 43.4 Å². The maximum Gasteiger partial charge on any atom is 0.331 e. The van der Waals surface area contributed by atoms with E-state index < -0.39 is 33.2 Å². The Bertz CT molecular complexity index is 861. The summed E-state index contributed by atoms with van der Waals surface area (Å²) in [5, 5.41) is 44.5. The van der Waals surface area contributed by atoms with Gasteiger partial charge in [-0.2, -0.15) is 0 Å². The summed E-state index contributed by atoms with van der Waals surface area (Å²) in [5.74, 6) is -0.538. The van der Waals surface area contributed by atoms with E-state index in [1.54, 1.807) is 6.08 Å². The molecule has 0 spiro atoms. The normalized spacial score (nSPS) is 50.0. The Kier molecular flexibility index (Phi) is 4.93.